The van der Waals surface area contributed by atoms with Crippen LogP contribution in [0.4, 0.5) is 0 Å². The lowest BCUT2D eigenvalue weighted by molar-refractivity contribution is 0.102. The summed E-state index contributed by atoms with van der Waals surface area (Å²) < 4.78 is 0. The lowest BCUT2D eigenvalue weighted by atomic mass is 9.96. The summed E-state index contributed by atoms with van der Waals surface area (Å²) in [4.78, 5) is 15.3. The van der Waals surface area contributed by atoms with Gasteiger partial charge in [-0.1, -0.05) is 61.5 Å². The predicted octanol–water partition coefficient (Wildman–Crippen LogP) is 5.99. The summed E-state index contributed by atoms with van der Waals surface area (Å²) in [6.07, 6.45) is 3.49. The number of aromatic nitrogens is 1. The van der Waals surface area contributed by atoms with Gasteiger partial charge in [0, 0.05) is 0 Å². The first kappa shape index (κ1) is 20.0. The topological polar surface area (TPSA) is 73.3 Å². The monoisotopic (exact) mass is 403 g/mol. The van der Waals surface area contributed by atoms with Crippen molar-refractivity contribution in [1.29, 1.82) is 0 Å². The van der Waals surface area contributed by atoms with Crippen molar-refractivity contribution in [3.05, 3.63) is 44.2 Å². The van der Waals surface area contributed by atoms with Crippen LogP contribution in [0.2, 0.25) is 15.2 Å². The first-order valence-electron chi connectivity index (χ1n) is 8.08. The molecule has 1 aromatic heterocycles. The molecule has 7 heteroatoms. The second-order valence-electron chi connectivity index (χ2n) is 6.17. The highest BCUT2D eigenvalue weighted by molar-refractivity contribution is 6.42. The Morgan fingerprint density at radius 1 is 1.16 bits per heavy atom. The molecule has 0 bridgehead atoms. The number of carbonyl (C=O) groups excluding carboxylic acids is 1. The van der Waals surface area contributed by atoms with Crippen molar-refractivity contribution in [2.75, 3.05) is 0 Å². The van der Waals surface area contributed by atoms with Gasteiger partial charge in [-0.3, -0.25) is 4.79 Å². The fraction of sp³-hybridized carbons (Fsp3) is 0.389. The number of hydrogen-bond donors (Lipinski definition) is 3. The van der Waals surface area contributed by atoms with E-state index in [0.29, 0.717) is 17.9 Å². The number of ketones is 1. The highest BCUT2D eigenvalue weighted by Crippen LogP contribution is 2.39. The molecule has 0 spiro atoms. The maximum Gasteiger partial charge on any atom is 0.216 e. The van der Waals surface area contributed by atoms with E-state index in [1.54, 1.807) is 0 Å². The number of aromatic amines is 1. The lowest BCUT2D eigenvalue weighted by Gasteiger charge is -2.13. The van der Waals surface area contributed by atoms with E-state index in [1.807, 2.05) is 0 Å². The normalized spacial score (nSPS) is 12.4. The number of aryl methyl sites for hydroxylation is 1. The first-order valence-corrected chi connectivity index (χ1v) is 9.21. The summed E-state index contributed by atoms with van der Waals surface area (Å²) in [5.41, 5.74) is 0.340. The van der Waals surface area contributed by atoms with E-state index in [0.717, 1.165) is 19.3 Å². The van der Waals surface area contributed by atoms with Crippen LogP contribution in [0.25, 0.3) is 0 Å². The summed E-state index contributed by atoms with van der Waals surface area (Å²) in [5.74, 6) is -0.775. The Balaban J connectivity index is 2.35. The third-order valence-corrected chi connectivity index (χ3v) is 5.32. The molecule has 0 aliphatic rings. The van der Waals surface area contributed by atoms with Crippen molar-refractivity contribution in [3.63, 3.8) is 0 Å². The third kappa shape index (κ3) is 4.43. The van der Waals surface area contributed by atoms with Crippen LogP contribution in [0.3, 0.4) is 0 Å². The molecule has 0 saturated carbocycles. The Labute approximate surface area is 161 Å². The van der Waals surface area contributed by atoms with Gasteiger partial charge in [0.2, 0.25) is 5.78 Å². The summed E-state index contributed by atoms with van der Waals surface area (Å²) in [6.45, 7) is 4.29. The minimum atomic E-state index is -0.630. The molecule has 1 aromatic carbocycles. The van der Waals surface area contributed by atoms with Gasteiger partial charge in [0.15, 0.2) is 0 Å². The van der Waals surface area contributed by atoms with Gasteiger partial charge in [0.25, 0.3) is 0 Å². The SMILES string of the molecule is CCC(C)CCCc1cc(Cl)c(O)c(C(=O)c2cc(Cl)c(Cl)[nH]2)c1O. The van der Waals surface area contributed by atoms with Gasteiger partial charge in [-0.25, -0.2) is 0 Å². The average molecular weight is 405 g/mol. The zero-order chi connectivity index (χ0) is 18.7. The number of H-pyrrole nitrogens is 1. The Morgan fingerprint density at radius 2 is 1.84 bits per heavy atom. The van der Waals surface area contributed by atoms with Crippen LogP contribution in [0.1, 0.15) is 54.7 Å². The molecule has 0 saturated heterocycles. The van der Waals surface area contributed by atoms with Crippen LogP contribution < -0.4 is 0 Å². The van der Waals surface area contributed by atoms with Crippen molar-refractivity contribution >= 4 is 40.6 Å². The van der Waals surface area contributed by atoms with Gasteiger partial charge in [-0.05, 0) is 36.5 Å². The van der Waals surface area contributed by atoms with E-state index in [9.17, 15) is 15.0 Å². The van der Waals surface area contributed by atoms with Gasteiger partial charge in [-0.15, -0.1) is 0 Å². The molecule has 0 radical (unpaired) electrons. The molecule has 4 nitrogen and oxygen atoms in total. The quantitative estimate of drug-likeness (QED) is 0.496. The minimum absolute atomic E-state index is 0.0171. The van der Waals surface area contributed by atoms with Crippen molar-refractivity contribution in [3.8, 4) is 11.5 Å². The zero-order valence-electron chi connectivity index (χ0n) is 14.0. The number of phenols is 2. The van der Waals surface area contributed by atoms with Crippen LogP contribution in [0, 0.1) is 5.92 Å². The van der Waals surface area contributed by atoms with Gasteiger partial charge in [0.05, 0.1) is 15.7 Å². The molecular formula is C18H20Cl3NO3. The largest absolute Gasteiger partial charge is 0.507 e. The smallest absolute Gasteiger partial charge is 0.216 e. The Morgan fingerprint density at radius 3 is 2.40 bits per heavy atom. The molecule has 0 aliphatic heterocycles. The van der Waals surface area contributed by atoms with E-state index in [4.69, 9.17) is 34.8 Å². The van der Waals surface area contributed by atoms with Gasteiger partial charge in [-0.2, -0.15) is 0 Å². The fourth-order valence-electron chi connectivity index (χ4n) is 2.59. The highest BCUT2D eigenvalue weighted by Gasteiger charge is 2.25. The van der Waals surface area contributed by atoms with E-state index in [1.165, 1.54) is 12.1 Å². The standard InChI is InChI=1S/C18H20Cl3NO3/c1-3-9(2)5-4-6-10-7-11(19)16(24)14(15(10)23)17(25)13-8-12(20)18(21)22-13/h7-9,22-24H,3-6H2,1-2H3. The number of aromatic hydroxyl groups is 2. The van der Waals surface area contributed by atoms with Crippen LogP contribution >= 0.6 is 34.8 Å². The molecule has 0 aliphatic carbocycles. The number of hydrogen-bond acceptors (Lipinski definition) is 3. The van der Waals surface area contributed by atoms with Crippen molar-refractivity contribution in [2.24, 2.45) is 5.92 Å². The number of phenolic OH excluding ortho intramolecular Hbond substituents is 2. The molecule has 25 heavy (non-hydrogen) atoms. The number of benzene rings is 1. The molecular weight excluding hydrogens is 385 g/mol. The number of carbonyl (C=O) groups is 1. The Bertz CT molecular complexity index is 767. The summed E-state index contributed by atoms with van der Waals surface area (Å²) >= 11 is 17.7. The van der Waals surface area contributed by atoms with E-state index in [2.05, 4.69) is 18.8 Å². The highest BCUT2D eigenvalue weighted by atomic mass is 35.5. The maximum absolute atomic E-state index is 12.7. The molecule has 2 aromatic rings. The van der Waals surface area contributed by atoms with Crippen LogP contribution in [0.5, 0.6) is 11.5 Å². The molecule has 1 heterocycles. The summed E-state index contributed by atoms with van der Waals surface area (Å²) in [7, 11) is 0. The summed E-state index contributed by atoms with van der Waals surface area (Å²) in [5, 5.41) is 21.0. The minimum Gasteiger partial charge on any atom is -0.507 e. The lowest BCUT2D eigenvalue weighted by Crippen LogP contribution is -2.05. The van der Waals surface area contributed by atoms with Crippen LogP contribution in [-0.2, 0) is 6.42 Å². The molecule has 0 amide bonds. The summed E-state index contributed by atoms with van der Waals surface area (Å²) in [6, 6.07) is 2.84. The average Bonchev–Trinajstić information content (AvgIpc) is 2.91. The van der Waals surface area contributed by atoms with Gasteiger partial charge >= 0.3 is 0 Å². The molecule has 136 valence electrons. The van der Waals surface area contributed by atoms with Crippen molar-refractivity contribution in [2.45, 2.75) is 39.5 Å². The maximum atomic E-state index is 12.7. The van der Waals surface area contributed by atoms with E-state index < -0.39 is 11.5 Å². The molecule has 3 N–H and O–H groups in total. The number of rotatable bonds is 7. The van der Waals surface area contributed by atoms with Gasteiger partial charge in [0.1, 0.15) is 22.2 Å². The second-order valence-corrected chi connectivity index (χ2v) is 7.36. The molecule has 1 atom stereocenters. The fourth-order valence-corrected chi connectivity index (χ4v) is 3.13. The molecule has 2 rings (SSSR count). The van der Waals surface area contributed by atoms with Crippen molar-refractivity contribution in [1.82, 2.24) is 4.98 Å². The number of halogens is 3. The van der Waals surface area contributed by atoms with E-state index in [-0.39, 0.29) is 32.2 Å². The predicted molar refractivity (Wildman–Crippen MR) is 101 cm³/mol. The second kappa shape index (κ2) is 8.35. The molecule has 1 unspecified atom stereocenters. The first-order chi connectivity index (χ1) is 11.8. The van der Waals surface area contributed by atoms with Crippen LogP contribution in [0.15, 0.2) is 12.1 Å². The third-order valence-electron chi connectivity index (χ3n) is 4.34. The van der Waals surface area contributed by atoms with Crippen molar-refractivity contribution < 1.29 is 15.0 Å². The zero-order valence-corrected chi connectivity index (χ0v) is 16.3. The van der Waals surface area contributed by atoms with Gasteiger partial charge < -0.3 is 15.2 Å². The van der Waals surface area contributed by atoms with E-state index >= 15 is 0 Å². The Kier molecular flexibility index (Phi) is 6.66. The number of nitrogens with one attached hydrogen (secondary N) is 1. The molecule has 0 fully saturated rings. The Hall–Kier alpha value is -1.36. The van der Waals surface area contributed by atoms with Crippen LogP contribution in [-0.4, -0.2) is 21.0 Å².